The van der Waals surface area contributed by atoms with E-state index >= 15 is 0 Å². The number of carbonyl (C=O) groups is 2. The third-order valence-corrected chi connectivity index (χ3v) is 3.80. The smallest absolute Gasteiger partial charge is 0.317 e. The van der Waals surface area contributed by atoms with E-state index in [4.69, 9.17) is 0 Å². The number of nitrogens with one attached hydrogen (secondary N) is 2. The van der Waals surface area contributed by atoms with Crippen LogP contribution >= 0.6 is 0 Å². The highest BCUT2D eigenvalue weighted by Gasteiger charge is 2.23. The minimum absolute atomic E-state index is 0.246. The summed E-state index contributed by atoms with van der Waals surface area (Å²) in [5.74, 6) is -0.415. The van der Waals surface area contributed by atoms with Crippen LogP contribution in [-0.2, 0) is 4.79 Å². The maximum atomic E-state index is 11.7. The lowest BCUT2D eigenvalue weighted by Crippen LogP contribution is -2.22. The van der Waals surface area contributed by atoms with Crippen molar-refractivity contribution >= 4 is 28.8 Å². The van der Waals surface area contributed by atoms with Crippen LogP contribution in [0.5, 0.6) is 0 Å². The van der Waals surface area contributed by atoms with E-state index in [-0.39, 0.29) is 5.70 Å². The summed E-state index contributed by atoms with van der Waals surface area (Å²) in [4.78, 5) is 22.9. The second kappa shape index (κ2) is 5.14. The molecule has 0 atom stereocenters. The second-order valence-electron chi connectivity index (χ2n) is 5.30. The number of urea groups is 1. The van der Waals surface area contributed by atoms with Crippen molar-refractivity contribution in [2.45, 2.75) is 0 Å². The standard InChI is InChI=1S/C18H13N3O2/c22-17-16(19-18(23)20-17)11-14-6-3-9-21(14)15-8-7-12-4-1-2-5-13(12)10-15/h1-11H,(H2,19,20,22,23)/b16-11+. The van der Waals surface area contributed by atoms with Crippen LogP contribution in [0.15, 0.2) is 66.5 Å². The quantitative estimate of drug-likeness (QED) is 0.565. The minimum atomic E-state index is -0.495. The summed E-state index contributed by atoms with van der Waals surface area (Å²) < 4.78 is 1.97. The predicted molar refractivity (Wildman–Crippen MR) is 87.9 cm³/mol. The molecule has 1 aliphatic heterocycles. The molecule has 112 valence electrons. The molecule has 1 aliphatic rings. The highest BCUT2D eigenvalue weighted by atomic mass is 16.2. The van der Waals surface area contributed by atoms with Crippen LogP contribution in [0.3, 0.4) is 0 Å². The third-order valence-electron chi connectivity index (χ3n) is 3.80. The van der Waals surface area contributed by atoms with Gasteiger partial charge in [0.1, 0.15) is 5.70 Å². The van der Waals surface area contributed by atoms with Gasteiger partial charge in [-0.25, -0.2) is 4.79 Å². The predicted octanol–water partition coefficient (Wildman–Crippen LogP) is 2.81. The fourth-order valence-corrected chi connectivity index (χ4v) is 2.70. The van der Waals surface area contributed by atoms with Crippen molar-refractivity contribution in [2.75, 3.05) is 0 Å². The van der Waals surface area contributed by atoms with Gasteiger partial charge in [-0.15, -0.1) is 0 Å². The van der Waals surface area contributed by atoms with Gasteiger partial charge in [-0.2, -0.15) is 0 Å². The molecular weight excluding hydrogens is 290 g/mol. The van der Waals surface area contributed by atoms with E-state index in [1.54, 1.807) is 6.08 Å². The first kappa shape index (κ1) is 13.3. The molecule has 0 bridgehead atoms. The molecule has 2 heterocycles. The van der Waals surface area contributed by atoms with Gasteiger partial charge in [0.05, 0.1) is 0 Å². The number of hydrogen-bond donors (Lipinski definition) is 2. The Morgan fingerprint density at radius 2 is 1.70 bits per heavy atom. The third kappa shape index (κ3) is 2.38. The largest absolute Gasteiger partial charge is 0.326 e. The van der Waals surface area contributed by atoms with Crippen LogP contribution in [0.25, 0.3) is 22.5 Å². The maximum absolute atomic E-state index is 11.7. The van der Waals surface area contributed by atoms with Gasteiger partial charge >= 0.3 is 6.03 Å². The fraction of sp³-hybridized carbons (Fsp3) is 0. The van der Waals surface area contributed by atoms with E-state index in [0.29, 0.717) is 0 Å². The Balaban J connectivity index is 1.78. The first-order valence-electron chi connectivity index (χ1n) is 7.21. The number of rotatable bonds is 2. The number of benzene rings is 2. The summed E-state index contributed by atoms with van der Waals surface area (Å²) in [5.41, 5.74) is 2.05. The highest BCUT2D eigenvalue weighted by molar-refractivity contribution is 6.13. The fourth-order valence-electron chi connectivity index (χ4n) is 2.70. The van der Waals surface area contributed by atoms with Gasteiger partial charge in [-0.05, 0) is 41.1 Å². The Hall–Kier alpha value is -3.34. The Morgan fingerprint density at radius 3 is 2.48 bits per heavy atom. The second-order valence-corrected chi connectivity index (χ2v) is 5.30. The first-order valence-corrected chi connectivity index (χ1v) is 7.21. The van der Waals surface area contributed by atoms with E-state index in [9.17, 15) is 9.59 Å². The Labute approximate surface area is 132 Å². The van der Waals surface area contributed by atoms with Gasteiger partial charge in [0.15, 0.2) is 0 Å². The number of fused-ring (bicyclic) bond motifs is 1. The Morgan fingerprint density at radius 1 is 0.870 bits per heavy atom. The average Bonchev–Trinajstić information content (AvgIpc) is 3.14. The minimum Gasteiger partial charge on any atom is -0.317 e. The van der Waals surface area contributed by atoms with Crippen molar-refractivity contribution in [1.82, 2.24) is 15.2 Å². The normalized spacial score (nSPS) is 15.9. The molecule has 0 spiro atoms. The zero-order valence-electron chi connectivity index (χ0n) is 12.1. The van der Waals surface area contributed by atoms with E-state index in [0.717, 1.165) is 16.8 Å². The van der Waals surface area contributed by atoms with Gasteiger partial charge in [-0.1, -0.05) is 30.3 Å². The summed E-state index contributed by atoms with van der Waals surface area (Å²) >= 11 is 0. The summed E-state index contributed by atoms with van der Waals surface area (Å²) in [6.45, 7) is 0. The van der Waals surface area contributed by atoms with Crippen LogP contribution in [0, 0.1) is 0 Å². The number of imide groups is 1. The van der Waals surface area contributed by atoms with Crippen LogP contribution in [-0.4, -0.2) is 16.5 Å². The van der Waals surface area contributed by atoms with Crippen molar-refractivity contribution in [2.24, 2.45) is 0 Å². The molecule has 0 unspecified atom stereocenters. The number of nitrogens with zero attached hydrogens (tertiary/aromatic N) is 1. The number of hydrogen-bond acceptors (Lipinski definition) is 2. The van der Waals surface area contributed by atoms with Crippen molar-refractivity contribution in [3.63, 3.8) is 0 Å². The molecule has 5 heteroatoms. The Kier molecular flexibility index (Phi) is 2.98. The van der Waals surface area contributed by atoms with Crippen molar-refractivity contribution in [3.05, 3.63) is 72.2 Å². The summed E-state index contributed by atoms with van der Waals surface area (Å²) in [5, 5.41) is 7.01. The molecule has 1 aromatic heterocycles. The topological polar surface area (TPSA) is 63.1 Å². The molecule has 3 amide bonds. The van der Waals surface area contributed by atoms with Crippen LogP contribution in [0.4, 0.5) is 4.79 Å². The van der Waals surface area contributed by atoms with E-state index in [1.165, 1.54) is 5.39 Å². The van der Waals surface area contributed by atoms with Gasteiger partial charge < -0.3 is 9.88 Å². The zero-order valence-corrected chi connectivity index (χ0v) is 12.1. The molecule has 0 saturated carbocycles. The number of amides is 3. The monoisotopic (exact) mass is 303 g/mol. The molecule has 1 fully saturated rings. The summed E-state index contributed by atoms with van der Waals surface area (Å²) in [7, 11) is 0. The van der Waals surface area contributed by atoms with Gasteiger partial charge in [0.25, 0.3) is 5.91 Å². The van der Waals surface area contributed by atoms with Crippen LogP contribution in [0.1, 0.15) is 5.69 Å². The van der Waals surface area contributed by atoms with Gasteiger partial charge in [0.2, 0.25) is 0 Å². The molecule has 2 N–H and O–H groups in total. The molecule has 0 radical (unpaired) electrons. The molecular formula is C18H13N3O2. The molecule has 3 aromatic rings. The number of aromatic nitrogens is 1. The Bertz CT molecular complexity index is 969. The first-order chi connectivity index (χ1) is 11.2. The molecule has 4 rings (SSSR count). The zero-order chi connectivity index (χ0) is 15.8. The van der Waals surface area contributed by atoms with Crippen molar-refractivity contribution in [1.29, 1.82) is 0 Å². The van der Waals surface area contributed by atoms with Gasteiger partial charge in [-0.3, -0.25) is 10.1 Å². The van der Waals surface area contributed by atoms with E-state index < -0.39 is 11.9 Å². The SMILES string of the molecule is O=C1NC(=O)/C(=C\c2cccn2-c2ccc3ccccc3c2)N1. The van der Waals surface area contributed by atoms with Gasteiger partial charge in [0, 0.05) is 17.6 Å². The molecule has 1 saturated heterocycles. The lowest BCUT2D eigenvalue weighted by Gasteiger charge is -2.08. The molecule has 5 nitrogen and oxygen atoms in total. The van der Waals surface area contributed by atoms with E-state index in [2.05, 4.69) is 34.9 Å². The van der Waals surface area contributed by atoms with Crippen LogP contribution in [0.2, 0.25) is 0 Å². The molecule has 23 heavy (non-hydrogen) atoms. The lowest BCUT2D eigenvalue weighted by molar-refractivity contribution is -0.115. The van der Waals surface area contributed by atoms with Crippen molar-refractivity contribution in [3.8, 4) is 5.69 Å². The lowest BCUT2D eigenvalue weighted by atomic mass is 10.1. The summed E-state index contributed by atoms with van der Waals surface area (Å²) in [6, 6.07) is 17.6. The molecule has 0 aliphatic carbocycles. The summed E-state index contributed by atoms with van der Waals surface area (Å²) in [6.07, 6.45) is 3.58. The average molecular weight is 303 g/mol. The van der Waals surface area contributed by atoms with E-state index in [1.807, 2.05) is 41.1 Å². The van der Waals surface area contributed by atoms with Crippen LogP contribution < -0.4 is 10.6 Å². The maximum Gasteiger partial charge on any atom is 0.326 e. The number of carbonyl (C=O) groups excluding carboxylic acids is 2. The van der Waals surface area contributed by atoms with Crippen molar-refractivity contribution < 1.29 is 9.59 Å². The highest BCUT2D eigenvalue weighted by Crippen LogP contribution is 2.21. The molecule has 2 aromatic carbocycles.